The lowest BCUT2D eigenvalue weighted by Gasteiger charge is -2.15. The number of nitrogens with one attached hydrogen (secondary N) is 1. The van der Waals surface area contributed by atoms with Crippen molar-refractivity contribution >= 4 is 32.8 Å². The topological polar surface area (TPSA) is 72.7 Å². The monoisotopic (exact) mass is 460 g/mol. The Kier molecular flexibility index (Phi) is 6.49. The van der Waals surface area contributed by atoms with E-state index in [1.54, 1.807) is 6.92 Å². The molecule has 0 saturated carbocycles. The lowest BCUT2D eigenvalue weighted by atomic mass is 10.1. The number of halogens is 1. The Bertz CT molecular complexity index is 1030. The third kappa shape index (κ3) is 3.97. The summed E-state index contributed by atoms with van der Waals surface area (Å²) < 4.78 is 13.3. The molecule has 3 aromatic rings. The highest BCUT2D eigenvalue weighted by Gasteiger charge is 2.29. The molecule has 154 valence electrons. The zero-order valence-electron chi connectivity index (χ0n) is 17.0. The number of nitrogens with zero attached hydrogens (tertiary/aromatic N) is 1. The quantitative estimate of drug-likeness (QED) is 0.496. The third-order valence-corrected chi connectivity index (χ3v) is 5.20. The average Bonchev–Trinajstić information content (AvgIpc) is 3.01. The maximum absolute atomic E-state index is 13.0. The second kappa shape index (κ2) is 8.88. The van der Waals surface area contributed by atoms with Gasteiger partial charge in [0.2, 0.25) is 0 Å². The molecule has 0 radical (unpaired) electrons. The summed E-state index contributed by atoms with van der Waals surface area (Å²) in [6.45, 7) is 6.50. The normalized spacial score (nSPS) is 11.2. The molecule has 3 rings (SSSR count). The number of esters is 1. The van der Waals surface area contributed by atoms with Crippen LogP contribution in [0.2, 0.25) is 0 Å². The van der Waals surface area contributed by atoms with E-state index in [9.17, 15) is 9.90 Å². The molecule has 1 aromatic heterocycles. The second-order valence-corrected chi connectivity index (χ2v) is 7.74. The Hall–Kier alpha value is -2.51. The Morgan fingerprint density at radius 1 is 1.28 bits per heavy atom. The first kappa shape index (κ1) is 21.2. The van der Waals surface area contributed by atoms with E-state index in [2.05, 4.69) is 21.2 Å². The van der Waals surface area contributed by atoms with E-state index in [0.717, 1.165) is 5.69 Å². The lowest BCUT2D eigenvalue weighted by molar-refractivity contribution is 0.0526. The minimum atomic E-state index is -0.479. The van der Waals surface area contributed by atoms with Gasteiger partial charge in [-0.3, -0.25) is 0 Å². The number of para-hydroxylation sites is 1. The van der Waals surface area contributed by atoms with E-state index in [1.807, 2.05) is 54.8 Å². The molecule has 0 bridgehead atoms. The van der Waals surface area contributed by atoms with Gasteiger partial charge in [-0.1, -0.05) is 32.0 Å². The number of phenols is 1. The van der Waals surface area contributed by atoms with Gasteiger partial charge in [0.1, 0.15) is 0 Å². The number of carbonyl (C=O) groups excluding carboxylic acids is 1. The molecule has 0 aliphatic carbocycles. The van der Waals surface area contributed by atoms with Crippen molar-refractivity contribution in [3.8, 4) is 17.2 Å². The summed E-state index contributed by atoms with van der Waals surface area (Å²) in [5.41, 5.74) is 2.62. The largest absolute Gasteiger partial charge is 0.504 e. The van der Waals surface area contributed by atoms with Crippen molar-refractivity contribution in [2.24, 2.45) is 0 Å². The molecule has 0 fully saturated rings. The fourth-order valence-corrected chi connectivity index (χ4v) is 3.95. The first-order valence-corrected chi connectivity index (χ1v) is 10.3. The number of hydrogen-bond acceptors (Lipinski definition) is 5. The van der Waals surface area contributed by atoms with Crippen molar-refractivity contribution in [1.29, 1.82) is 0 Å². The van der Waals surface area contributed by atoms with Gasteiger partial charge in [0.25, 0.3) is 0 Å². The van der Waals surface area contributed by atoms with Crippen LogP contribution in [0.1, 0.15) is 36.8 Å². The van der Waals surface area contributed by atoms with Crippen molar-refractivity contribution in [3.63, 3.8) is 0 Å². The Morgan fingerprint density at radius 3 is 2.55 bits per heavy atom. The van der Waals surface area contributed by atoms with E-state index >= 15 is 0 Å². The predicted octanol–water partition coefficient (Wildman–Crippen LogP) is 4.78. The van der Waals surface area contributed by atoms with Crippen LogP contribution in [-0.2, 0) is 11.3 Å². The van der Waals surface area contributed by atoms with Gasteiger partial charge < -0.3 is 24.5 Å². The smallest absolute Gasteiger partial charge is 0.340 e. The molecule has 0 saturated heterocycles. The van der Waals surface area contributed by atoms with E-state index in [1.165, 1.54) is 7.11 Å². The highest BCUT2D eigenvalue weighted by molar-refractivity contribution is 9.10. The Labute approximate surface area is 178 Å². The number of fused-ring (bicyclic) bond motifs is 1. The van der Waals surface area contributed by atoms with Gasteiger partial charge in [0, 0.05) is 18.3 Å². The van der Waals surface area contributed by atoms with E-state index in [4.69, 9.17) is 9.47 Å². The maximum atomic E-state index is 13.0. The van der Waals surface area contributed by atoms with Crippen LogP contribution >= 0.6 is 15.9 Å². The number of benzene rings is 2. The fourth-order valence-electron chi connectivity index (χ4n) is 3.39. The van der Waals surface area contributed by atoms with Crippen LogP contribution in [0.15, 0.2) is 40.9 Å². The van der Waals surface area contributed by atoms with E-state index in [0.29, 0.717) is 33.2 Å². The number of hydrogen-bond donors (Lipinski definition) is 2. The highest BCUT2D eigenvalue weighted by atomic mass is 79.9. The first-order chi connectivity index (χ1) is 13.9. The van der Waals surface area contributed by atoms with Crippen molar-refractivity contribution in [1.82, 2.24) is 9.88 Å². The molecule has 2 N–H and O–H groups in total. The standard InChI is InChI=1S/C22H25BrN2O4/c1-5-29-22(27)19-17(12-24-13(2)3)25(14-9-7-6-8-10-14)16-11-15(23)21(28-4)20(26)18(16)19/h6-11,13,24,26H,5,12H2,1-4H3. The predicted molar refractivity (Wildman–Crippen MR) is 117 cm³/mol. The summed E-state index contributed by atoms with van der Waals surface area (Å²) in [7, 11) is 1.48. The van der Waals surface area contributed by atoms with E-state index in [-0.39, 0.29) is 24.1 Å². The highest BCUT2D eigenvalue weighted by Crippen LogP contribution is 2.45. The van der Waals surface area contributed by atoms with Crippen molar-refractivity contribution in [3.05, 3.63) is 52.1 Å². The summed E-state index contributed by atoms with van der Waals surface area (Å²) >= 11 is 3.47. The van der Waals surface area contributed by atoms with E-state index < -0.39 is 5.97 Å². The molecule has 0 aliphatic heterocycles. The summed E-state index contributed by atoms with van der Waals surface area (Å²) in [5, 5.41) is 14.8. The second-order valence-electron chi connectivity index (χ2n) is 6.88. The zero-order valence-corrected chi connectivity index (χ0v) is 18.5. The van der Waals surface area contributed by atoms with Crippen LogP contribution in [0.5, 0.6) is 11.5 Å². The minimum absolute atomic E-state index is 0.0968. The summed E-state index contributed by atoms with van der Waals surface area (Å²) in [4.78, 5) is 13.0. The molecule has 0 atom stereocenters. The number of rotatable bonds is 7. The van der Waals surface area contributed by atoms with Gasteiger partial charge >= 0.3 is 5.97 Å². The van der Waals surface area contributed by atoms with Gasteiger partial charge in [0.15, 0.2) is 11.5 Å². The van der Waals surface area contributed by atoms with Gasteiger partial charge in [-0.25, -0.2) is 4.79 Å². The molecule has 0 amide bonds. The van der Waals surface area contributed by atoms with Gasteiger partial charge in [-0.15, -0.1) is 0 Å². The Morgan fingerprint density at radius 2 is 1.97 bits per heavy atom. The molecule has 0 spiro atoms. The van der Waals surface area contributed by atoms with Crippen molar-refractivity contribution in [2.45, 2.75) is 33.4 Å². The molecule has 6 nitrogen and oxygen atoms in total. The number of phenolic OH excluding ortho intramolecular Hbond substituents is 1. The molecular weight excluding hydrogens is 436 g/mol. The van der Waals surface area contributed by atoms with Gasteiger partial charge in [0.05, 0.1) is 40.3 Å². The number of methoxy groups -OCH3 is 1. The zero-order chi connectivity index (χ0) is 21.1. The number of ether oxygens (including phenoxy) is 2. The van der Waals surface area contributed by atoms with Crippen molar-refractivity contribution < 1.29 is 19.4 Å². The maximum Gasteiger partial charge on any atom is 0.340 e. The van der Waals surface area contributed by atoms with Crippen LogP contribution in [0.3, 0.4) is 0 Å². The lowest BCUT2D eigenvalue weighted by Crippen LogP contribution is -2.25. The average molecular weight is 461 g/mol. The SMILES string of the molecule is CCOC(=O)c1c(CNC(C)C)n(-c2ccccc2)c2cc(Br)c(OC)c(O)c12. The molecule has 0 aliphatic rings. The third-order valence-electron chi connectivity index (χ3n) is 4.61. The van der Waals surface area contributed by atoms with Gasteiger partial charge in [-0.2, -0.15) is 0 Å². The molecule has 0 unspecified atom stereocenters. The molecular formula is C22H25BrN2O4. The molecule has 29 heavy (non-hydrogen) atoms. The van der Waals surface area contributed by atoms with Crippen molar-refractivity contribution in [2.75, 3.05) is 13.7 Å². The van der Waals surface area contributed by atoms with Crippen LogP contribution in [-0.4, -0.2) is 35.4 Å². The van der Waals surface area contributed by atoms with Crippen LogP contribution in [0.25, 0.3) is 16.6 Å². The van der Waals surface area contributed by atoms with Crippen LogP contribution in [0.4, 0.5) is 0 Å². The molecule has 1 heterocycles. The van der Waals surface area contributed by atoms with Crippen LogP contribution in [0, 0.1) is 0 Å². The number of carbonyl (C=O) groups is 1. The Balaban J connectivity index is 2.45. The number of aromatic nitrogens is 1. The summed E-state index contributed by atoms with van der Waals surface area (Å²) in [6.07, 6.45) is 0. The minimum Gasteiger partial charge on any atom is -0.504 e. The van der Waals surface area contributed by atoms with Crippen LogP contribution < -0.4 is 10.1 Å². The fraction of sp³-hybridized carbons (Fsp3) is 0.318. The summed E-state index contributed by atoms with van der Waals surface area (Å²) in [6, 6.07) is 11.8. The molecule has 2 aromatic carbocycles. The van der Waals surface area contributed by atoms with Gasteiger partial charge in [-0.05, 0) is 41.1 Å². The first-order valence-electron chi connectivity index (χ1n) is 9.49. The summed E-state index contributed by atoms with van der Waals surface area (Å²) in [5.74, 6) is -0.301. The number of aromatic hydroxyl groups is 1. The molecule has 7 heteroatoms.